The predicted molar refractivity (Wildman–Crippen MR) is 111 cm³/mol. The fourth-order valence-electron chi connectivity index (χ4n) is 5.37. The number of nitriles is 1. The lowest BCUT2D eigenvalue weighted by molar-refractivity contribution is 0.135. The van der Waals surface area contributed by atoms with Crippen LogP contribution < -0.4 is 0 Å². The van der Waals surface area contributed by atoms with Gasteiger partial charge in [-0.15, -0.1) is 5.10 Å². The first-order chi connectivity index (χ1) is 14.9. The zero-order chi connectivity index (χ0) is 21.9. The molecule has 3 atom stereocenters. The number of hydrogen-bond acceptors (Lipinski definition) is 7. The first-order valence-corrected chi connectivity index (χ1v) is 10.6. The molecule has 3 aromatic rings. The van der Waals surface area contributed by atoms with Gasteiger partial charge in [0.15, 0.2) is 5.82 Å². The molecule has 3 heterocycles. The number of allylic oxidation sites excluding steroid dienone is 2. The highest BCUT2D eigenvalue weighted by atomic mass is 16.3. The average Bonchev–Trinajstić information content (AvgIpc) is 3.48. The first-order valence-electron chi connectivity index (χ1n) is 10.6. The van der Waals surface area contributed by atoms with Gasteiger partial charge in [0.1, 0.15) is 5.76 Å². The van der Waals surface area contributed by atoms with E-state index in [-0.39, 0.29) is 23.0 Å². The lowest BCUT2D eigenvalue weighted by Crippen LogP contribution is -2.44. The van der Waals surface area contributed by atoms with Crippen LogP contribution >= 0.6 is 0 Å². The molecule has 3 aromatic heterocycles. The van der Waals surface area contributed by atoms with E-state index in [1.165, 1.54) is 0 Å². The van der Waals surface area contributed by atoms with E-state index in [9.17, 15) is 10.4 Å². The molecule has 0 amide bonds. The molecule has 0 spiro atoms. The minimum atomic E-state index is -0.368. The molecule has 31 heavy (non-hydrogen) atoms. The van der Waals surface area contributed by atoms with Crippen LogP contribution in [0.1, 0.15) is 45.0 Å². The van der Waals surface area contributed by atoms with Crippen molar-refractivity contribution in [2.75, 3.05) is 0 Å². The summed E-state index contributed by atoms with van der Waals surface area (Å²) in [6, 6.07) is 2.22. The molecule has 0 fully saturated rings. The third-order valence-electron chi connectivity index (χ3n) is 6.94. The summed E-state index contributed by atoms with van der Waals surface area (Å²) in [5.41, 5.74) is 2.94. The monoisotopic (exact) mass is 419 g/mol. The predicted octanol–water partition coefficient (Wildman–Crippen LogP) is 2.47. The van der Waals surface area contributed by atoms with Crippen molar-refractivity contribution in [3.8, 4) is 23.4 Å². The van der Waals surface area contributed by atoms with E-state index in [1.807, 2.05) is 31.7 Å². The van der Waals surface area contributed by atoms with Crippen molar-refractivity contribution in [3.63, 3.8) is 0 Å². The van der Waals surface area contributed by atoms with Gasteiger partial charge in [0, 0.05) is 24.6 Å². The Balaban J connectivity index is 1.75. The summed E-state index contributed by atoms with van der Waals surface area (Å²) in [5.74, 6) is 1.54. The van der Waals surface area contributed by atoms with Crippen molar-refractivity contribution in [1.82, 2.24) is 39.5 Å². The zero-order valence-corrected chi connectivity index (χ0v) is 18.1. The van der Waals surface area contributed by atoms with Gasteiger partial charge >= 0.3 is 0 Å². The van der Waals surface area contributed by atoms with E-state index >= 15 is 0 Å². The number of aryl methyl sites for hydroxylation is 2. The summed E-state index contributed by atoms with van der Waals surface area (Å²) in [4.78, 5) is 6.66. The van der Waals surface area contributed by atoms with Crippen LogP contribution in [-0.2, 0) is 25.4 Å². The van der Waals surface area contributed by atoms with E-state index in [0.29, 0.717) is 24.5 Å². The number of rotatable bonds is 3. The minimum Gasteiger partial charge on any atom is -0.511 e. The van der Waals surface area contributed by atoms with Crippen molar-refractivity contribution >= 4 is 0 Å². The molecule has 2 aliphatic rings. The molecule has 160 valence electrons. The average molecular weight is 419 g/mol. The molecule has 10 heteroatoms. The Kier molecular flexibility index (Phi) is 4.25. The smallest absolute Gasteiger partial charge is 0.276 e. The zero-order valence-electron chi connectivity index (χ0n) is 18.1. The topological polar surface area (TPSA) is 123 Å². The van der Waals surface area contributed by atoms with Gasteiger partial charge in [-0.3, -0.25) is 9.25 Å². The molecule has 5 rings (SSSR count). The van der Waals surface area contributed by atoms with Gasteiger partial charge in [0.05, 0.1) is 41.3 Å². The number of aliphatic hydroxyl groups excluding tert-OH is 1. The molecule has 1 N–H and O–H groups in total. The molecule has 0 aliphatic heterocycles. The maximum atomic E-state index is 10.6. The largest absolute Gasteiger partial charge is 0.511 e. The van der Waals surface area contributed by atoms with Gasteiger partial charge in [-0.2, -0.15) is 15.2 Å². The molecule has 2 aliphatic carbocycles. The molecule has 0 radical (unpaired) electrons. The number of imidazole rings is 1. The summed E-state index contributed by atoms with van der Waals surface area (Å²) in [6.45, 7) is 6.76. The van der Waals surface area contributed by atoms with E-state index in [1.54, 1.807) is 15.7 Å². The highest BCUT2D eigenvalue weighted by Crippen LogP contribution is 2.53. The van der Waals surface area contributed by atoms with E-state index in [4.69, 9.17) is 4.98 Å². The number of aliphatic hydroxyl groups is 1. The number of nitrogens with zero attached hydrogens (tertiary/aromatic N) is 9. The molecule has 0 aromatic carbocycles. The van der Waals surface area contributed by atoms with E-state index in [2.05, 4.69) is 33.5 Å². The van der Waals surface area contributed by atoms with Crippen LogP contribution in [0, 0.1) is 23.2 Å². The van der Waals surface area contributed by atoms with Crippen LogP contribution in [0.5, 0.6) is 0 Å². The Morgan fingerprint density at radius 3 is 2.84 bits per heavy atom. The van der Waals surface area contributed by atoms with Crippen molar-refractivity contribution < 1.29 is 5.11 Å². The highest BCUT2D eigenvalue weighted by Gasteiger charge is 2.51. The fourth-order valence-corrected chi connectivity index (χ4v) is 5.37. The molecule has 0 unspecified atom stereocenters. The van der Waals surface area contributed by atoms with Crippen LogP contribution in [0.3, 0.4) is 0 Å². The standard InChI is InChI=1S/C21H25N9O/c1-5-29-26-20(25-27-29)30-16-7-6-15-12(2)17(31)13(9-22)8-21(15,3)18(16)24-19(30)14-10-23-28(4)11-14/h10-12,15,31H,5-8H2,1-4H3/t12-,15-,21-/m0/s1. The van der Waals surface area contributed by atoms with Crippen LogP contribution in [0.4, 0.5) is 0 Å². The molecule has 0 bridgehead atoms. The summed E-state index contributed by atoms with van der Waals surface area (Å²) in [5, 5.41) is 37.5. The minimum absolute atomic E-state index is 0.0902. The maximum absolute atomic E-state index is 10.6. The molecule has 10 nitrogen and oxygen atoms in total. The molecular weight excluding hydrogens is 394 g/mol. The maximum Gasteiger partial charge on any atom is 0.276 e. The Bertz CT molecular complexity index is 1240. The van der Waals surface area contributed by atoms with Gasteiger partial charge in [0.2, 0.25) is 0 Å². The summed E-state index contributed by atoms with van der Waals surface area (Å²) in [7, 11) is 1.87. The van der Waals surface area contributed by atoms with Crippen LogP contribution in [-0.4, -0.2) is 44.6 Å². The van der Waals surface area contributed by atoms with Gasteiger partial charge in [-0.05, 0) is 37.3 Å². The Morgan fingerprint density at radius 2 is 2.19 bits per heavy atom. The normalized spacial score (nSPS) is 25.3. The Labute approximate surface area is 179 Å². The SMILES string of the molecule is CCn1nnc(-n2c(-c3cnn(C)c3)nc3c2CC[C@H]2[C@H](C)C(O)=C(C#N)C[C@]32C)n1. The van der Waals surface area contributed by atoms with E-state index < -0.39 is 0 Å². The third-order valence-corrected chi connectivity index (χ3v) is 6.94. The van der Waals surface area contributed by atoms with Crippen molar-refractivity contribution in [2.45, 2.75) is 52.0 Å². The summed E-state index contributed by atoms with van der Waals surface area (Å²) in [6.07, 6.45) is 5.83. The van der Waals surface area contributed by atoms with Gasteiger partial charge in [-0.1, -0.05) is 18.9 Å². The quantitative estimate of drug-likeness (QED) is 0.691. The molecular formula is C21H25N9O. The van der Waals surface area contributed by atoms with Crippen molar-refractivity contribution in [3.05, 3.63) is 35.1 Å². The second-order valence-electron chi connectivity index (χ2n) is 8.75. The fraction of sp³-hybridized carbons (Fsp3) is 0.524. The Morgan fingerprint density at radius 1 is 1.39 bits per heavy atom. The number of hydrogen-bond donors (Lipinski definition) is 1. The highest BCUT2D eigenvalue weighted by molar-refractivity contribution is 5.59. The Hall–Kier alpha value is -3.48. The molecule has 0 saturated carbocycles. The number of tetrazole rings is 1. The second kappa shape index (κ2) is 6.77. The van der Waals surface area contributed by atoms with Gasteiger partial charge in [-0.25, -0.2) is 4.98 Å². The number of fused-ring (bicyclic) bond motifs is 3. The third kappa shape index (κ3) is 2.72. The van der Waals surface area contributed by atoms with Crippen LogP contribution in [0.15, 0.2) is 23.7 Å². The van der Waals surface area contributed by atoms with Crippen LogP contribution in [0.25, 0.3) is 17.3 Å². The number of aromatic nitrogens is 8. The van der Waals surface area contributed by atoms with Crippen molar-refractivity contribution in [2.24, 2.45) is 18.9 Å². The first kappa shape index (κ1) is 19.5. The van der Waals surface area contributed by atoms with Crippen molar-refractivity contribution in [1.29, 1.82) is 5.26 Å². The van der Waals surface area contributed by atoms with Gasteiger partial charge < -0.3 is 5.11 Å². The van der Waals surface area contributed by atoms with Gasteiger partial charge in [0.25, 0.3) is 5.95 Å². The van der Waals surface area contributed by atoms with E-state index in [0.717, 1.165) is 35.6 Å². The summed E-state index contributed by atoms with van der Waals surface area (Å²) < 4.78 is 3.73. The summed E-state index contributed by atoms with van der Waals surface area (Å²) >= 11 is 0. The molecule has 0 saturated heterocycles. The van der Waals surface area contributed by atoms with Crippen LogP contribution in [0.2, 0.25) is 0 Å². The lowest BCUT2D eigenvalue weighted by atomic mass is 9.57. The lowest BCUT2D eigenvalue weighted by Gasteiger charge is -2.46. The second-order valence-corrected chi connectivity index (χ2v) is 8.75.